The van der Waals surface area contributed by atoms with E-state index in [2.05, 4.69) is 10.6 Å². The number of nitrogens with one attached hydrogen (secondary N) is 2. The van der Waals surface area contributed by atoms with Crippen molar-refractivity contribution in [1.29, 1.82) is 0 Å². The lowest BCUT2D eigenvalue weighted by molar-refractivity contribution is -0.147. The maximum atomic E-state index is 11.9. The monoisotopic (exact) mass is 374 g/mol. The summed E-state index contributed by atoms with van der Waals surface area (Å²) in [4.78, 5) is 35.2. The SMILES string of the molecule is Cc1ccc(C(=O)NCC(=O)OCC(=O)NCc2ccccc2Cl)cc1. The number of carbonyl (C=O) groups excluding carboxylic acids is 3. The molecule has 0 fully saturated rings. The highest BCUT2D eigenvalue weighted by Gasteiger charge is 2.11. The van der Waals surface area contributed by atoms with Gasteiger partial charge in [0, 0.05) is 17.1 Å². The predicted molar refractivity (Wildman–Crippen MR) is 97.8 cm³/mol. The summed E-state index contributed by atoms with van der Waals surface area (Å²) in [6.07, 6.45) is 0. The van der Waals surface area contributed by atoms with E-state index in [1.807, 2.05) is 13.0 Å². The first kappa shape index (κ1) is 19.5. The van der Waals surface area contributed by atoms with Gasteiger partial charge in [0.15, 0.2) is 6.61 Å². The van der Waals surface area contributed by atoms with Gasteiger partial charge in [-0.1, -0.05) is 47.5 Å². The molecule has 0 unspecified atom stereocenters. The van der Waals surface area contributed by atoms with Crippen LogP contribution in [0.4, 0.5) is 0 Å². The Kier molecular flexibility index (Phi) is 7.17. The van der Waals surface area contributed by atoms with Crippen LogP contribution in [0.25, 0.3) is 0 Å². The summed E-state index contributed by atoms with van der Waals surface area (Å²) >= 11 is 5.99. The fourth-order valence-corrected chi connectivity index (χ4v) is 2.25. The molecule has 0 aliphatic carbocycles. The Morgan fingerprint density at radius 1 is 1.00 bits per heavy atom. The van der Waals surface area contributed by atoms with Crippen molar-refractivity contribution in [1.82, 2.24) is 10.6 Å². The first-order chi connectivity index (χ1) is 12.5. The minimum atomic E-state index is -0.696. The zero-order valence-corrected chi connectivity index (χ0v) is 15.0. The smallest absolute Gasteiger partial charge is 0.325 e. The molecule has 7 heteroatoms. The lowest BCUT2D eigenvalue weighted by atomic mass is 10.1. The van der Waals surface area contributed by atoms with Crippen LogP contribution in [0, 0.1) is 6.92 Å². The number of aryl methyl sites for hydroxylation is 1. The highest BCUT2D eigenvalue weighted by atomic mass is 35.5. The average Bonchev–Trinajstić information content (AvgIpc) is 2.64. The Bertz CT molecular complexity index is 790. The van der Waals surface area contributed by atoms with Crippen LogP contribution in [0.15, 0.2) is 48.5 Å². The maximum Gasteiger partial charge on any atom is 0.325 e. The summed E-state index contributed by atoms with van der Waals surface area (Å²) in [5.41, 5.74) is 2.24. The van der Waals surface area contributed by atoms with E-state index in [0.717, 1.165) is 11.1 Å². The molecule has 6 nitrogen and oxygen atoms in total. The lowest BCUT2D eigenvalue weighted by Crippen LogP contribution is -2.33. The molecule has 0 bridgehead atoms. The molecule has 0 aromatic heterocycles. The number of rotatable bonds is 7. The van der Waals surface area contributed by atoms with Crippen molar-refractivity contribution in [2.75, 3.05) is 13.2 Å². The summed E-state index contributed by atoms with van der Waals surface area (Å²) in [6.45, 7) is 1.41. The molecule has 26 heavy (non-hydrogen) atoms. The van der Waals surface area contributed by atoms with Gasteiger partial charge in [-0.25, -0.2) is 0 Å². The Morgan fingerprint density at radius 2 is 1.69 bits per heavy atom. The van der Waals surface area contributed by atoms with Gasteiger partial charge in [0.1, 0.15) is 6.54 Å². The summed E-state index contributed by atoms with van der Waals surface area (Å²) < 4.78 is 4.83. The molecule has 2 aromatic rings. The van der Waals surface area contributed by atoms with E-state index in [4.69, 9.17) is 16.3 Å². The van der Waals surface area contributed by atoms with E-state index in [-0.39, 0.29) is 19.0 Å². The Morgan fingerprint density at radius 3 is 2.38 bits per heavy atom. The zero-order chi connectivity index (χ0) is 18.9. The van der Waals surface area contributed by atoms with Crippen LogP contribution in [0.2, 0.25) is 5.02 Å². The van der Waals surface area contributed by atoms with Gasteiger partial charge >= 0.3 is 5.97 Å². The molecule has 2 rings (SSSR count). The summed E-state index contributed by atoms with van der Waals surface area (Å²) in [5.74, 6) is -1.54. The largest absolute Gasteiger partial charge is 0.454 e. The second kappa shape index (κ2) is 9.58. The van der Waals surface area contributed by atoms with Gasteiger partial charge < -0.3 is 15.4 Å². The second-order valence-electron chi connectivity index (χ2n) is 5.58. The van der Waals surface area contributed by atoms with E-state index in [1.165, 1.54) is 0 Å². The van der Waals surface area contributed by atoms with E-state index >= 15 is 0 Å². The normalized spacial score (nSPS) is 10.1. The number of hydrogen-bond donors (Lipinski definition) is 2. The van der Waals surface area contributed by atoms with Gasteiger partial charge in [0.2, 0.25) is 0 Å². The average molecular weight is 375 g/mol. The number of amides is 2. The van der Waals surface area contributed by atoms with Crippen LogP contribution in [-0.4, -0.2) is 30.9 Å². The number of benzene rings is 2. The van der Waals surface area contributed by atoms with Crippen LogP contribution in [-0.2, 0) is 20.9 Å². The number of carbonyl (C=O) groups is 3. The third-order valence-corrected chi connectivity index (χ3v) is 3.87. The Labute approximate surface area is 156 Å². The van der Waals surface area contributed by atoms with Crippen molar-refractivity contribution in [3.63, 3.8) is 0 Å². The quantitative estimate of drug-likeness (QED) is 0.728. The van der Waals surface area contributed by atoms with Gasteiger partial charge in [-0.15, -0.1) is 0 Å². The lowest BCUT2D eigenvalue weighted by Gasteiger charge is -2.08. The fraction of sp³-hybridized carbons (Fsp3) is 0.211. The molecule has 0 aliphatic heterocycles. The number of esters is 1. The van der Waals surface area contributed by atoms with Gasteiger partial charge in [0.25, 0.3) is 11.8 Å². The van der Waals surface area contributed by atoms with Gasteiger partial charge in [-0.2, -0.15) is 0 Å². The standard InChI is InChI=1S/C19H19ClN2O4/c1-13-6-8-14(9-7-13)19(25)22-11-18(24)26-12-17(23)21-10-15-4-2-3-5-16(15)20/h2-9H,10-12H2,1H3,(H,21,23)(H,22,25). The molecule has 2 aromatic carbocycles. The van der Waals surface area contributed by atoms with Gasteiger partial charge in [-0.05, 0) is 30.7 Å². The van der Waals surface area contributed by atoms with Crippen molar-refractivity contribution < 1.29 is 19.1 Å². The van der Waals surface area contributed by atoms with Crippen molar-refractivity contribution in [2.24, 2.45) is 0 Å². The predicted octanol–water partition coefficient (Wildman–Crippen LogP) is 2.24. The molecular formula is C19H19ClN2O4. The third kappa shape index (κ3) is 6.22. The van der Waals surface area contributed by atoms with E-state index in [1.54, 1.807) is 42.5 Å². The summed E-state index contributed by atoms with van der Waals surface area (Å²) in [6, 6.07) is 14.0. The van der Waals surface area contributed by atoms with Crippen molar-refractivity contribution in [2.45, 2.75) is 13.5 Å². The van der Waals surface area contributed by atoms with Crippen molar-refractivity contribution >= 4 is 29.4 Å². The van der Waals surface area contributed by atoms with Crippen LogP contribution < -0.4 is 10.6 Å². The third-order valence-electron chi connectivity index (χ3n) is 3.51. The van der Waals surface area contributed by atoms with Crippen molar-refractivity contribution in [3.8, 4) is 0 Å². The second-order valence-corrected chi connectivity index (χ2v) is 5.98. The topological polar surface area (TPSA) is 84.5 Å². The number of ether oxygens (including phenoxy) is 1. The molecule has 2 N–H and O–H groups in total. The Balaban J connectivity index is 1.68. The maximum absolute atomic E-state index is 11.9. The molecule has 0 saturated carbocycles. The Hall–Kier alpha value is -2.86. The van der Waals surface area contributed by atoms with Crippen LogP contribution >= 0.6 is 11.6 Å². The first-order valence-electron chi connectivity index (χ1n) is 7.96. The highest BCUT2D eigenvalue weighted by Crippen LogP contribution is 2.14. The summed E-state index contributed by atoms with van der Waals surface area (Å²) in [5, 5.41) is 5.59. The molecule has 0 heterocycles. The van der Waals surface area contributed by atoms with Crippen LogP contribution in [0.1, 0.15) is 21.5 Å². The molecule has 0 spiro atoms. The molecule has 0 aliphatic rings. The molecular weight excluding hydrogens is 356 g/mol. The fourth-order valence-electron chi connectivity index (χ4n) is 2.04. The van der Waals surface area contributed by atoms with Crippen LogP contribution in [0.3, 0.4) is 0 Å². The summed E-state index contributed by atoms with van der Waals surface area (Å²) in [7, 11) is 0. The molecule has 0 radical (unpaired) electrons. The molecule has 0 atom stereocenters. The zero-order valence-electron chi connectivity index (χ0n) is 14.3. The van der Waals surface area contributed by atoms with Crippen molar-refractivity contribution in [3.05, 3.63) is 70.2 Å². The van der Waals surface area contributed by atoms with Gasteiger partial charge in [-0.3, -0.25) is 14.4 Å². The highest BCUT2D eigenvalue weighted by molar-refractivity contribution is 6.31. The van der Waals surface area contributed by atoms with E-state index in [0.29, 0.717) is 10.6 Å². The minimum absolute atomic E-state index is 0.236. The number of halogens is 1. The molecule has 136 valence electrons. The minimum Gasteiger partial charge on any atom is -0.454 e. The van der Waals surface area contributed by atoms with Gasteiger partial charge in [0.05, 0.1) is 0 Å². The molecule has 0 saturated heterocycles. The first-order valence-corrected chi connectivity index (χ1v) is 8.34. The van der Waals surface area contributed by atoms with Crippen LogP contribution in [0.5, 0.6) is 0 Å². The molecule has 2 amide bonds. The number of hydrogen-bond acceptors (Lipinski definition) is 4. The van der Waals surface area contributed by atoms with E-state index < -0.39 is 18.5 Å². The van der Waals surface area contributed by atoms with E-state index in [9.17, 15) is 14.4 Å².